The zero-order valence-electron chi connectivity index (χ0n) is 18.1. The van der Waals surface area contributed by atoms with Crippen molar-refractivity contribution in [1.29, 1.82) is 0 Å². The van der Waals surface area contributed by atoms with E-state index in [1.165, 1.54) is 24.0 Å². The van der Waals surface area contributed by atoms with Crippen molar-refractivity contribution < 1.29 is 9.84 Å². The van der Waals surface area contributed by atoms with Crippen molar-refractivity contribution in [3.05, 3.63) is 59.7 Å². The number of hydrogen-bond donors (Lipinski definition) is 3. The summed E-state index contributed by atoms with van der Waals surface area (Å²) in [7, 11) is 3.51. The highest BCUT2D eigenvalue weighted by molar-refractivity contribution is 5.79. The number of guanidine groups is 1. The van der Waals surface area contributed by atoms with E-state index in [0.717, 1.165) is 50.7 Å². The van der Waals surface area contributed by atoms with Crippen molar-refractivity contribution in [2.24, 2.45) is 4.99 Å². The Morgan fingerprint density at radius 3 is 2.40 bits per heavy atom. The number of benzene rings is 2. The third kappa shape index (κ3) is 6.39. The first-order chi connectivity index (χ1) is 14.7. The lowest BCUT2D eigenvalue weighted by Gasteiger charge is -2.29. The van der Waals surface area contributed by atoms with Crippen LogP contribution in [0.4, 0.5) is 0 Å². The quantitative estimate of drug-likeness (QED) is 0.336. The SMILES string of the molecule is CN=C(NCCCc1ccc(O)cc1)NCC(c1ccc(OC)cc1)N1CCCC1. The summed E-state index contributed by atoms with van der Waals surface area (Å²) in [5.74, 6) is 2.03. The largest absolute Gasteiger partial charge is 0.508 e. The molecular weight excluding hydrogens is 376 g/mol. The topological polar surface area (TPSA) is 69.1 Å². The number of aryl methyl sites for hydroxylation is 1. The highest BCUT2D eigenvalue weighted by atomic mass is 16.5. The summed E-state index contributed by atoms with van der Waals surface area (Å²) in [6, 6.07) is 16.1. The van der Waals surface area contributed by atoms with E-state index >= 15 is 0 Å². The molecule has 0 aliphatic carbocycles. The first-order valence-corrected chi connectivity index (χ1v) is 10.8. The number of ether oxygens (including phenoxy) is 1. The molecule has 30 heavy (non-hydrogen) atoms. The van der Waals surface area contributed by atoms with Gasteiger partial charge in [0, 0.05) is 20.1 Å². The van der Waals surface area contributed by atoms with Crippen molar-refractivity contribution in [2.75, 3.05) is 40.3 Å². The molecule has 1 atom stereocenters. The van der Waals surface area contributed by atoms with E-state index in [1.54, 1.807) is 19.2 Å². The van der Waals surface area contributed by atoms with Gasteiger partial charge in [-0.15, -0.1) is 0 Å². The zero-order valence-corrected chi connectivity index (χ0v) is 18.1. The Kier molecular flexibility index (Phi) is 8.39. The lowest BCUT2D eigenvalue weighted by molar-refractivity contribution is 0.245. The maximum atomic E-state index is 9.38. The number of aliphatic imine (C=N–C) groups is 1. The predicted molar refractivity (Wildman–Crippen MR) is 122 cm³/mol. The molecule has 1 heterocycles. The molecule has 2 aromatic carbocycles. The van der Waals surface area contributed by atoms with Crippen LogP contribution in [0.15, 0.2) is 53.5 Å². The van der Waals surface area contributed by atoms with Crippen molar-refractivity contribution >= 4 is 5.96 Å². The maximum Gasteiger partial charge on any atom is 0.191 e. The van der Waals surface area contributed by atoms with Gasteiger partial charge in [-0.05, 0) is 74.2 Å². The Hall–Kier alpha value is -2.73. The van der Waals surface area contributed by atoms with Crippen molar-refractivity contribution in [3.63, 3.8) is 0 Å². The minimum Gasteiger partial charge on any atom is -0.508 e. The van der Waals surface area contributed by atoms with Crippen LogP contribution in [0.5, 0.6) is 11.5 Å². The highest BCUT2D eigenvalue weighted by Gasteiger charge is 2.23. The molecule has 1 saturated heterocycles. The minimum absolute atomic E-state index is 0.311. The number of aromatic hydroxyl groups is 1. The molecule has 1 aliphatic heterocycles. The Bertz CT molecular complexity index is 784. The highest BCUT2D eigenvalue weighted by Crippen LogP contribution is 2.26. The number of methoxy groups -OCH3 is 1. The molecule has 1 fully saturated rings. The fraction of sp³-hybridized carbons (Fsp3) is 0.458. The number of phenolic OH excluding ortho intramolecular Hbond substituents is 1. The van der Waals surface area contributed by atoms with Gasteiger partial charge in [0.25, 0.3) is 0 Å². The van der Waals surface area contributed by atoms with E-state index in [1.807, 2.05) is 31.3 Å². The van der Waals surface area contributed by atoms with E-state index in [4.69, 9.17) is 4.74 Å². The van der Waals surface area contributed by atoms with Crippen LogP contribution in [0.3, 0.4) is 0 Å². The molecule has 2 aromatic rings. The molecule has 0 bridgehead atoms. The monoisotopic (exact) mass is 410 g/mol. The van der Waals surface area contributed by atoms with Gasteiger partial charge in [-0.3, -0.25) is 9.89 Å². The van der Waals surface area contributed by atoms with Crippen molar-refractivity contribution in [3.8, 4) is 11.5 Å². The molecule has 6 heteroatoms. The first-order valence-electron chi connectivity index (χ1n) is 10.8. The third-order valence-corrected chi connectivity index (χ3v) is 5.64. The van der Waals surface area contributed by atoms with Crippen LogP contribution in [0, 0.1) is 0 Å². The maximum absolute atomic E-state index is 9.38. The van der Waals surface area contributed by atoms with Crippen LogP contribution in [0.25, 0.3) is 0 Å². The normalized spacial score (nSPS) is 15.7. The van der Waals surface area contributed by atoms with Gasteiger partial charge in [0.15, 0.2) is 5.96 Å². The number of nitrogens with one attached hydrogen (secondary N) is 2. The summed E-state index contributed by atoms with van der Waals surface area (Å²) in [6.07, 6.45) is 4.49. The van der Waals surface area contributed by atoms with Gasteiger partial charge in [0.2, 0.25) is 0 Å². The van der Waals surface area contributed by atoms with Crippen LogP contribution in [0.2, 0.25) is 0 Å². The molecular formula is C24H34N4O2. The number of hydrogen-bond acceptors (Lipinski definition) is 4. The average molecular weight is 411 g/mol. The molecule has 0 amide bonds. The summed E-state index contributed by atoms with van der Waals surface area (Å²) in [4.78, 5) is 6.94. The second-order valence-corrected chi connectivity index (χ2v) is 7.68. The molecule has 3 rings (SSSR count). The Morgan fingerprint density at radius 1 is 1.07 bits per heavy atom. The average Bonchev–Trinajstić information content (AvgIpc) is 3.31. The second kappa shape index (κ2) is 11.5. The zero-order chi connectivity index (χ0) is 21.2. The number of likely N-dealkylation sites (tertiary alicyclic amines) is 1. The molecule has 1 unspecified atom stereocenters. The molecule has 0 spiro atoms. The van der Waals surface area contributed by atoms with E-state index in [-0.39, 0.29) is 0 Å². The summed E-state index contributed by atoms with van der Waals surface area (Å²) in [6.45, 7) is 3.93. The summed E-state index contributed by atoms with van der Waals surface area (Å²) < 4.78 is 5.31. The van der Waals surface area contributed by atoms with Crippen LogP contribution in [-0.4, -0.2) is 56.3 Å². The molecule has 0 saturated carbocycles. The van der Waals surface area contributed by atoms with Gasteiger partial charge < -0.3 is 20.5 Å². The van der Waals surface area contributed by atoms with E-state index < -0.39 is 0 Å². The van der Waals surface area contributed by atoms with Crippen LogP contribution in [-0.2, 0) is 6.42 Å². The lowest BCUT2D eigenvalue weighted by atomic mass is 10.1. The van der Waals surface area contributed by atoms with Gasteiger partial charge in [0.1, 0.15) is 11.5 Å². The lowest BCUT2D eigenvalue weighted by Crippen LogP contribution is -2.43. The van der Waals surface area contributed by atoms with Crippen molar-refractivity contribution in [2.45, 2.75) is 31.7 Å². The smallest absolute Gasteiger partial charge is 0.191 e. The van der Waals surface area contributed by atoms with E-state index in [9.17, 15) is 5.11 Å². The Balaban J connectivity index is 1.50. The van der Waals surface area contributed by atoms with Gasteiger partial charge in [-0.2, -0.15) is 0 Å². The molecule has 0 aromatic heterocycles. The minimum atomic E-state index is 0.311. The molecule has 0 radical (unpaired) electrons. The summed E-state index contributed by atoms with van der Waals surface area (Å²) >= 11 is 0. The van der Waals surface area contributed by atoms with Gasteiger partial charge in [-0.25, -0.2) is 0 Å². The van der Waals surface area contributed by atoms with Gasteiger partial charge >= 0.3 is 0 Å². The molecule has 6 nitrogen and oxygen atoms in total. The molecule has 1 aliphatic rings. The van der Waals surface area contributed by atoms with Gasteiger partial charge in [-0.1, -0.05) is 24.3 Å². The van der Waals surface area contributed by atoms with E-state index in [2.05, 4.69) is 32.7 Å². The van der Waals surface area contributed by atoms with Crippen molar-refractivity contribution in [1.82, 2.24) is 15.5 Å². The van der Waals surface area contributed by atoms with Crippen LogP contribution >= 0.6 is 0 Å². The molecule has 3 N–H and O–H groups in total. The standard InChI is InChI=1S/C24H34N4O2/c1-25-24(26-15-5-6-19-7-11-21(29)12-8-19)27-18-23(28-16-3-4-17-28)20-9-13-22(30-2)14-10-20/h7-14,23,29H,3-6,15-18H2,1-2H3,(H2,25,26,27). The first kappa shape index (κ1) is 22.0. The van der Waals surface area contributed by atoms with E-state index in [0.29, 0.717) is 11.8 Å². The number of rotatable bonds is 9. The second-order valence-electron chi connectivity index (χ2n) is 7.68. The summed E-state index contributed by atoms with van der Waals surface area (Å²) in [5.41, 5.74) is 2.53. The third-order valence-electron chi connectivity index (χ3n) is 5.64. The number of phenols is 1. The fourth-order valence-electron chi connectivity index (χ4n) is 3.91. The van der Waals surface area contributed by atoms with Crippen LogP contribution < -0.4 is 15.4 Å². The Morgan fingerprint density at radius 2 is 1.77 bits per heavy atom. The fourth-order valence-corrected chi connectivity index (χ4v) is 3.91. The summed E-state index contributed by atoms with van der Waals surface area (Å²) in [5, 5.41) is 16.3. The number of nitrogens with zero attached hydrogens (tertiary/aromatic N) is 2. The van der Waals surface area contributed by atoms with Crippen LogP contribution in [0.1, 0.15) is 36.4 Å². The Labute approximate surface area is 180 Å². The predicted octanol–water partition coefficient (Wildman–Crippen LogP) is 3.34. The molecule has 162 valence electrons. The van der Waals surface area contributed by atoms with Gasteiger partial charge in [0.05, 0.1) is 13.2 Å².